The first-order valence-corrected chi connectivity index (χ1v) is 9.81. The van der Waals surface area contributed by atoms with Crippen LogP contribution in [-0.4, -0.2) is 25.6 Å². The molecule has 0 saturated heterocycles. The third kappa shape index (κ3) is 5.26. The highest BCUT2D eigenvalue weighted by atomic mass is 16.5. The Morgan fingerprint density at radius 3 is 2.57 bits per heavy atom. The molecule has 0 aliphatic heterocycles. The number of amides is 1. The molecule has 1 N–H and O–H groups in total. The standard InChI is InChI=1S/C25H25NO4/c1-4-19-7-5-6-17(2)25(19)26-23(27)16-30-24(28)13-9-18-8-10-21-15-22(29-3)12-11-20(21)14-18/h5-15H,4,16H2,1-3H3,(H,26,27)/b13-9+. The maximum atomic E-state index is 12.2. The second-order valence-electron chi connectivity index (χ2n) is 6.92. The van der Waals surface area contributed by atoms with E-state index < -0.39 is 5.97 Å². The normalized spacial score (nSPS) is 10.9. The summed E-state index contributed by atoms with van der Waals surface area (Å²) in [6.07, 6.45) is 3.79. The van der Waals surface area contributed by atoms with Gasteiger partial charge in [0, 0.05) is 11.8 Å². The van der Waals surface area contributed by atoms with Crippen molar-refractivity contribution in [2.75, 3.05) is 19.0 Å². The van der Waals surface area contributed by atoms with Gasteiger partial charge in [-0.3, -0.25) is 4.79 Å². The van der Waals surface area contributed by atoms with Gasteiger partial charge in [0.05, 0.1) is 7.11 Å². The molecule has 0 aliphatic carbocycles. The Morgan fingerprint density at radius 2 is 1.80 bits per heavy atom. The Bertz CT molecular complexity index is 1100. The van der Waals surface area contributed by atoms with Crippen molar-refractivity contribution in [3.8, 4) is 5.75 Å². The number of hydrogen-bond donors (Lipinski definition) is 1. The number of anilines is 1. The van der Waals surface area contributed by atoms with Crippen molar-refractivity contribution in [3.05, 3.63) is 77.4 Å². The molecule has 0 radical (unpaired) electrons. The van der Waals surface area contributed by atoms with Crippen LogP contribution in [0, 0.1) is 6.92 Å². The molecule has 0 spiro atoms. The number of rotatable bonds is 7. The van der Waals surface area contributed by atoms with Gasteiger partial charge >= 0.3 is 5.97 Å². The van der Waals surface area contributed by atoms with Crippen LogP contribution >= 0.6 is 0 Å². The van der Waals surface area contributed by atoms with Gasteiger partial charge in [-0.15, -0.1) is 0 Å². The monoisotopic (exact) mass is 403 g/mol. The van der Waals surface area contributed by atoms with E-state index in [0.29, 0.717) is 0 Å². The molecule has 5 heteroatoms. The highest BCUT2D eigenvalue weighted by Gasteiger charge is 2.10. The molecule has 0 heterocycles. The fourth-order valence-corrected chi connectivity index (χ4v) is 3.20. The summed E-state index contributed by atoms with van der Waals surface area (Å²) in [6, 6.07) is 17.5. The molecule has 5 nitrogen and oxygen atoms in total. The minimum atomic E-state index is -0.569. The highest BCUT2D eigenvalue weighted by molar-refractivity contribution is 5.96. The summed E-state index contributed by atoms with van der Waals surface area (Å²) in [5, 5.41) is 4.92. The summed E-state index contributed by atoms with van der Waals surface area (Å²) >= 11 is 0. The summed E-state index contributed by atoms with van der Waals surface area (Å²) in [4.78, 5) is 24.2. The number of methoxy groups -OCH3 is 1. The molecule has 0 unspecified atom stereocenters. The van der Waals surface area contributed by atoms with Gasteiger partial charge in [-0.25, -0.2) is 4.79 Å². The van der Waals surface area contributed by atoms with Crippen LogP contribution in [0.2, 0.25) is 0 Å². The van der Waals surface area contributed by atoms with Crippen molar-refractivity contribution < 1.29 is 19.1 Å². The average molecular weight is 403 g/mol. The van der Waals surface area contributed by atoms with E-state index in [0.717, 1.165) is 45.3 Å². The Hall–Kier alpha value is -3.60. The van der Waals surface area contributed by atoms with Crippen molar-refractivity contribution in [2.24, 2.45) is 0 Å². The lowest BCUT2D eigenvalue weighted by Crippen LogP contribution is -2.21. The Kier molecular flexibility index (Phi) is 6.86. The minimum Gasteiger partial charge on any atom is -0.497 e. The number of para-hydroxylation sites is 1. The Balaban J connectivity index is 1.57. The summed E-state index contributed by atoms with van der Waals surface area (Å²) in [6.45, 7) is 3.62. The van der Waals surface area contributed by atoms with Gasteiger partial charge in [0.15, 0.2) is 6.61 Å². The van der Waals surface area contributed by atoms with Crippen LogP contribution in [0.4, 0.5) is 5.69 Å². The van der Waals surface area contributed by atoms with Gasteiger partial charge in [0.1, 0.15) is 5.75 Å². The zero-order valence-corrected chi connectivity index (χ0v) is 17.4. The summed E-state index contributed by atoms with van der Waals surface area (Å²) in [7, 11) is 1.63. The molecule has 0 atom stereocenters. The number of carbonyl (C=O) groups is 2. The van der Waals surface area contributed by atoms with E-state index in [1.807, 2.05) is 68.4 Å². The van der Waals surface area contributed by atoms with Crippen molar-refractivity contribution in [1.29, 1.82) is 0 Å². The number of aryl methyl sites for hydroxylation is 2. The van der Waals surface area contributed by atoms with E-state index in [1.165, 1.54) is 6.08 Å². The fraction of sp³-hybridized carbons (Fsp3) is 0.200. The maximum absolute atomic E-state index is 12.2. The van der Waals surface area contributed by atoms with E-state index in [2.05, 4.69) is 5.32 Å². The second kappa shape index (κ2) is 9.74. The van der Waals surface area contributed by atoms with E-state index in [9.17, 15) is 9.59 Å². The Morgan fingerprint density at radius 1 is 1.03 bits per heavy atom. The van der Waals surface area contributed by atoms with Crippen LogP contribution in [0.15, 0.2) is 60.7 Å². The van der Waals surface area contributed by atoms with Crippen LogP contribution in [-0.2, 0) is 20.7 Å². The number of esters is 1. The molecule has 154 valence electrons. The molecule has 0 bridgehead atoms. The number of nitrogens with one attached hydrogen (secondary N) is 1. The quantitative estimate of drug-likeness (QED) is 0.449. The van der Waals surface area contributed by atoms with Gasteiger partial charge in [0.2, 0.25) is 0 Å². The number of hydrogen-bond acceptors (Lipinski definition) is 4. The van der Waals surface area contributed by atoms with E-state index >= 15 is 0 Å². The van der Waals surface area contributed by atoms with Crippen molar-refractivity contribution in [3.63, 3.8) is 0 Å². The van der Waals surface area contributed by atoms with Crippen LogP contribution in [0.3, 0.4) is 0 Å². The van der Waals surface area contributed by atoms with Crippen LogP contribution < -0.4 is 10.1 Å². The number of ether oxygens (including phenoxy) is 2. The molecule has 0 aromatic heterocycles. The largest absolute Gasteiger partial charge is 0.497 e. The number of fused-ring (bicyclic) bond motifs is 1. The number of carbonyl (C=O) groups excluding carboxylic acids is 2. The number of benzene rings is 3. The van der Waals surface area contributed by atoms with Crippen LogP contribution in [0.1, 0.15) is 23.6 Å². The highest BCUT2D eigenvalue weighted by Crippen LogP contribution is 2.23. The van der Waals surface area contributed by atoms with E-state index in [-0.39, 0.29) is 12.5 Å². The third-order valence-corrected chi connectivity index (χ3v) is 4.83. The summed E-state index contributed by atoms with van der Waals surface area (Å²) in [5.74, 6) is -0.134. The lowest BCUT2D eigenvalue weighted by molar-refractivity contribution is -0.142. The lowest BCUT2D eigenvalue weighted by atomic mass is 10.1. The first-order valence-electron chi connectivity index (χ1n) is 9.81. The molecule has 30 heavy (non-hydrogen) atoms. The third-order valence-electron chi connectivity index (χ3n) is 4.83. The predicted octanol–water partition coefficient (Wildman–Crippen LogP) is 4.91. The molecule has 3 aromatic rings. The van der Waals surface area contributed by atoms with Gasteiger partial charge in [0.25, 0.3) is 5.91 Å². The predicted molar refractivity (Wildman–Crippen MR) is 120 cm³/mol. The average Bonchev–Trinajstić information content (AvgIpc) is 2.77. The van der Waals surface area contributed by atoms with E-state index in [4.69, 9.17) is 9.47 Å². The van der Waals surface area contributed by atoms with Crippen molar-refractivity contribution >= 4 is 34.4 Å². The smallest absolute Gasteiger partial charge is 0.331 e. The zero-order valence-electron chi connectivity index (χ0n) is 17.4. The molecule has 0 fully saturated rings. The van der Waals surface area contributed by atoms with E-state index in [1.54, 1.807) is 13.2 Å². The first-order chi connectivity index (χ1) is 14.5. The minimum absolute atomic E-state index is 0.335. The van der Waals surface area contributed by atoms with Crippen molar-refractivity contribution in [2.45, 2.75) is 20.3 Å². The zero-order chi connectivity index (χ0) is 21.5. The Labute approximate surface area is 176 Å². The molecular formula is C25H25NO4. The van der Waals surface area contributed by atoms with Gasteiger partial charge in [-0.05, 0) is 65.1 Å². The fourth-order valence-electron chi connectivity index (χ4n) is 3.20. The van der Waals surface area contributed by atoms with Gasteiger partial charge in [-0.1, -0.05) is 43.3 Å². The van der Waals surface area contributed by atoms with Gasteiger partial charge in [-0.2, -0.15) is 0 Å². The summed E-state index contributed by atoms with van der Waals surface area (Å²) in [5.41, 5.74) is 3.66. The first kappa shape index (κ1) is 21.1. The molecule has 3 rings (SSSR count). The molecule has 3 aromatic carbocycles. The van der Waals surface area contributed by atoms with Crippen LogP contribution in [0.5, 0.6) is 5.75 Å². The van der Waals surface area contributed by atoms with Crippen LogP contribution in [0.25, 0.3) is 16.8 Å². The summed E-state index contributed by atoms with van der Waals surface area (Å²) < 4.78 is 10.3. The topological polar surface area (TPSA) is 64.6 Å². The molecular weight excluding hydrogens is 378 g/mol. The van der Waals surface area contributed by atoms with Crippen molar-refractivity contribution in [1.82, 2.24) is 0 Å². The lowest BCUT2D eigenvalue weighted by Gasteiger charge is -2.12. The molecule has 0 saturated carbocycles. The SMILES string of the molecule is CCc1cccc(C)c1NC(=O)COC(=O)/C=C/c1ccc2cc(OC)ccc2c1. The maximum Gasteiger partial charge on any atom is 0.331 e. The molecule has 0 aliphatic rings. The van der Waals surface area contributed by atoms with Gasteiger partial charge < -0.3 is 14.8 Å². The second-order valence-corrected chi connectivity index (χ2v) is 6.92. The molecule has 1 amide bonds.